The minimum atomic E-state index is -1.64. The molecule has 0 saturated heterocycles. The predicted molar refractivity (Wildman–Crippen MR) is 62.4 cm³/mol. The third-order valence-corrected chi connectivity index (χ3v) is 2.37. The molecule has 0 bridgehead atoms. The summed E-state index contributed by atoms with van der Waals surface area (Å²) in [4.78, 5) is 11.4. The number of amides is 1. The molecule has 0 aliphatic rings. The number of carbonyl (C=O) groups is 1. The Hall–Kier alpha value is -1.63. The highest BCUT2D eigenvalue weighted by atomic mass is 19.2. The zero-order valence-electron chi connectivity index (χ0n) is 10.5. The SMILES string of the molecule is CC(C)(N)CCC(=O)Nc1c(F)c(F)cc(F)c1F. The van der Waals surface area contributed by atoms with E-state index in [-0.39, 0.29) is 18.9 Å². The molecular weight excluding hydrogens is 264 g/mol. The van der Waals surface area contributed by atoms with Gasteiger partial charge in [-0.3, -0.25) is 4.79 Å². The quantitative estimate of drug-likeness (QED) is 0.657. The van der Waals surface area contributed by atoms with E-state index >= 15 is 0 Å². The van der Waals surface area contributed by atoms with Crippen LogP contribution in [0.4, 0.5) is 23.2 Å². The molecule has 1 aromatic carbocycles. The van der Waals surface area contributed by atoms with E-state index in [4.69, 9.17) is 5.73 Å². The zero-order chi connectivity index (χ0) is 14.8. The van der Waals surface area contributed by atoms with Gasteiger partial charge in [-0.1, -0.05) is 0 Å². The predicted octanol–water partition coefficient (Wildman–Crippen LogP) is 2.70. The van der Waals surface area contributed by atoms with E-state index in [9.17, 15) is 22.4 Å². The van der Waals surface area contributed by atoms with Crippen molar-refractivity contribution in [1.82, 2.24) is 0 Å². The fourth-order valence-electron chi connectivity index (χ4n) is 1.32. The summed E-state index contributed by atoms with van der Waals surface area (Å²) in [6.07, 6.45) is 0.125. The second-order valence-corrected chi connectivity index (χ2v) is 4.88. The van der Waals surface area contributed by atoms with Crippen LogP contribution >= 0.6 is 0 Å². The van der Waals surface area contributed by atoms with Gasteiger partial charge in [0.15, 0.2) is 23.3 Å². The maximum Gasteiger partial charge on any atom is 0.224 e. The van der Waals surface area contributed by atoms with Crippen molar-refractivity contribution in [3.05, 3.63) is 29.3 Å². The maximum atomic E-state index is 13.3. The molecule has 1 aromatic rings. The van der Waals surface area contributed by atoms with Crippen molar-refractivity contribution in [1.29, 1.82) is 0 Å². The molecule has 19 heavy (non-hydrogen) atoms. The maximum absolute atomic E-state index is 13.3. The molecule has 7 heteroatoms. The van der Waals surface area contributed by atoms with E-state index in [2.05, 4.69) is 0 Å². The van der Waals surface area contributed by atoms with Crippen molar-refractivity contribution >= 4 is 11.6 Å². The van der Waals surface area contributed by atoms with Crippen molar-refractivity contribution in [2.45, 2.75) is 32.2 Å². The highest BCUT2D eigenvalue weighted by Crippen LogP contribution is 2.24. The summed E-state index contributed by atoms with van der Waals surface area (Å²) >= 11 is 0. The van der Waals surface area contributed by atoms with Crippen LogP contribution in [-0.2, 0) is 4.79 Å². The molecule has 0 saturated carbocycles. The van der Waals surface area contributed by atoms with Gasteiger partial charge in [-0.25, -0.2) is 17.6 Å². The van der Waals surface area contributed by atoms with Gasteiger partial charge in [-0.15, -0.1) is 0 Å². The van der Waals surface area contributed by atoms with Crippen LogP contribution < -0.4 is 11.1 Å². The third kappa shape index (κ3) is 4.20. The van der Waals surface area contributed by atoms with Gasteiger partial charge >= 0.3 is 0 Å². The van der Waals surface area contributed by atoms with E-state index in [1.54, 1.807) is 13.8 Å². The summed E-state index contributed by atoms with van der Waals surface area (Å²) in [6.45, 7) is 3.34. The van der Waals surface area contributed by atoms with Crippen LogP contribution in [0.2, 0.25) is 0 Å². The van der Waals surface area contributed by atoms with Crippen molar-refractivity contribution in [2.75, 3.05) is 5.32 Å². The molecule has 0 radical (unpaired) electrons. The van der Waals surface area contributed by atoms with E-state index in [0.717, 1.165) is 0 Å². The standard InChI is InChI=1S/C12H14F4N2O/c1-12(2,17)4-3-8(19)18-11-9(15)6(13)5-7(14)10(11)16/h5H,3-4,17H2,1-2H3,(H,18,19). The minimum Gasteiger partial charge on any atom is -0.326 e. The molecule has 1 amide bonds. The van der Waals surface area contributed by atoms with E-state index < -0.39 is 40.4 Å². The minimum absolute atomic E-state index is 0.0727. The molecule has 0 aliphatic heterocycles. The lowest BCUT2D eigenvalue weighted by Crippen LogP contribution is -2.33. The summed E-state index contributed by atoms with van der Waals surface area (Å²) in [5.74, 6) is -7.21. The molecule has 0 aromatic heterocycles. The fraction of sp³-hybridized carbons (Fsp3) is 0.417. The van der Waals surface area contributed by atoms with Crippen LogP contribution in [0.5, 0.6) is 0 Å². The number of rotatable bonds is 4. The van der Waals surface area contributed by atoms with Crippen molar-refractivity contribution in [2.24, 2.45) is 5.73 Å². The molecular formula is C12H14F4N2O. The Morgan fingerprint density at radius 3 is 2.11 bits per heavy atom. The number of hydrogen-bond acceptors (Lipinski definition) is 2. The van der Waals surface area contributed by atoms with Gasteiger partial charge in [-0.05, 0) is 20.3 Å². The summed E-state index contributed by atoms with van der Waals surface area (Å²) in [5.41, 5.74) is 3.87. The van der Waals surface area contributed by atoms with E-state index in [1.165, 1.54) is 0 Å². The first-order valence-electron chi connectivity index (χ1n) is 5.53. The average Bonchev–Trinajstić information content (AvgIpc) is 2.29. The molecule has 0 atom stereocenters. The number of carbonyl (C=O) groups excluding carboxylic acids is 1. The molecule has 1 rings (SSSR count). The van der Waals surface area contributed by atoms with Crippen LogP contribution in [0, 0.1) is 23.3 Å². The number of nitrogens with two attached hydrogens (primary N) is 1. The molecule has 3 N–H and O–H groups in total. The van der Waals surface area contributed by atoms with Crippen LogP contribution in [0.1, 0.15) is 26.7 Å². The average molecular weight is 278 g/mol. The van der Waals surface area contributed by atoms with Gasteiger partial charge in [0.05, 0.1) is 0 Å². The van der Waals surface area contributed by atoms with Crippen LogP contribution in [0.3, 0.4) is 0 Å². The Balaban J connectivity index is 2.86. The molecule has 0 unspecified atom stereocenters. The number of anilines is 1. The molecule has 3 nitrogen and oxygen atoms in total. The highest BCUT2D eigenvalue weighted by Gasteiger charge is 2.21. The summed E-state index contributed by atoms with van der Waals surface area (Å²) in [7, 11) is 0. The molecule has 0 fully saturated rings. The Kier molecular flexibility index (Phi) is 4.52. The lowest BCUT2D eigenvalue weighted by atomic mass is 10.00. The normalized spacial score (nSPS) is 11.5. The van der Waals surface area contributed by atoms with E-state index in [0.29, 0.717) is 0 Å². The lowest BCUT2D eigenvalue weighted by Gasteiger charge is -2.17. The Morgan fingerprint density at radius 1 is 1.21 bits per heavy atom. The van der Waals surface area contributed by atoms with E-state index in [1.807, 2.05) is 5.32 Å². The Bertz CT molecular complexity index is 471. The number of hydrogen-bond donors (Lipinski definition) is 2. The first-order valence-corrected chi connectivity index (χ1v) is 5.53. The third-order valence-electron chi connectivity index (χ3n) is 2.37. The molecule has 0 aliphatic carbocycles. The first-order chi connectivity index (χ1) is 8.61. The van der Waals surface area contributed by atoms with Crippen molar-refractivity contribution in [3.63, 3.8) is 0 Å². The van der Waals surface area contributed by atoms with Crippen molar-refractivity contribution in [3.8, 4) is 0 Å². The number of benzene rings is 1. The Morgan fingerprint density at radius 2 is 1.68 bits per heavy atom. The van der Waals surface area contributed by atoms with Crippen LogP contribution in [0.15, 0.2) is 6.07 Å². The van der Waals surface area contributed by atoms with Gasteiger partial charge in [-0.2, -0.15) is 0 Å². The Labute approximate surface area is 107 Å². The van der Waals surface area contributed by atoms with Gasteiger partial charge in [0.2, 0.25) is 5.91 Å². The highest BCUT2D eigenvalue weighted by molar-refractivity contribution is 5.91. The second kappa shape index (κ2) is 5.56. The molecule has 0 heterocycles. The summed E-state index contributed by atoms with van der Waals surface area (Å²) < 4.78 is 52.3. The smallest absolute Gasteiger partial charge is 0.224 e. The van der Waals surface area contributed by atoms with Gasteiger partial charge in [0.1, 0.15) is 5.69 Å². The second-order valence-electron chi connectivity index (χ2n) is 4.88. The lowest BCUT2D eigenvalue weighted by molar-refractivity contribution is -0.116. The largest absolute Gasteiger partial charge is 0.326 e. The summed E-state index contributed by atoms with van der Waals surface area (Å²) in [5, 5.41) is 1.81. The monoisotopic (exact) mass is 278 g/mol. The van der Waals surface area contributed by atoms with Gasteiger partial charge < -0.3 is 11.1 Å². The van der Waals surface area contributed by atoms with Gasteiger partial charge in [0.25, 0.3) is 0 Å². The summed E-state index contributed by atoms with van der Waals surface area (Å²) in [6, 6.07) is 0.0727. The first kappa shape index (κ1) is 15.4. The fourth-order valence-corrected chi connectivity index (χ4v) is 1.32. The molecule has 106 valence electrons. The zero-order valence-corrected chi connectivity index (χ0v) is 10.5. The van der Waals surface area contributed by atoms with Crippen molar-refractivity contribution < 1.29 is 22.4 Å². The number of nitrogens with one attached hydrogen (secondary N) is 1. The topological polar surface area (TPSA) is 55.1 Å². The van der Waals surface area contributed by atoms with Gasteiger partial charge in [0, 0.05) is 18.0 Å². The molecule has 0 spiro atoms. The van der Waals surface area contributed by atoms with Crippen LogP contribution in [0.25, 0.3) is 0 Å². The van der Waals surface area contributed by atoms with Crippen LogP contribution in [-0.4, -0.2) is 11.4 Å². The number of halogens is 4.